The van der Waals surface area contributed by atoms with Gasteiger partial charge in [-0.3, -0.25) is 0 Å². The quantitative estimate of drug-likeness (QED) is 0.763. The van der Waals surface area contributed by atoms with Crippen molar-refractivity contribution in [3.05, 3.63) is 27.1 Å². The molecule has 0 bridgehead atoms. The Hall–Kier alpha value is -0.100. The molecule has 102 valence electrons. The van der Waals surface area contributed by atoms with E-state index in [9.17, 15) is 5.11 Å². The molecule has 1 aromatic carbocycles. The van der Waals surface area contributed by atoms with Crippen LogP contribution in [0.3, 0.4) is 0 Å². The number of benzene rings is 1. The molecule has 1 rings (SSSR count). The molecule has 0 aromatic heterocycles. The largest absolute Gasteiger partial charge is 0.490 e. The Morgan fingerprint density at radius 1 is 1.28 bits per heavy atom. The molecule has 0 saturated heterocycles. The SMILES string of the molecule is CC(C)CNCC(O)COc1ccc(Br)cc1Br. The molecule has 2 N–H and O–H groups in total. The molecule has 0 amide bonds. The molecule has 5 heteroatoms. The van der Waals surface area contributed by atoms with Crippen LogP contribution in [-0.4, -0.2) is 30.9 Å². The van der Waals surface area contributed by atoms with Gasteiger partial charge in [-0.05, 0) is 46.6 Å². The van der Waals surface area contributed by atoms with E-state index in [1.165, 1.54) is 0 Å². The molecule has 1 aromatic rings. The van der Waals surface area contributed by atoms with Gasteiger partial charge in [0.2, 0.25) is 0 Å². The number of hydrogen-bond donors (Lipinski definition) is 2. The van der Waals surface area contributed by atoms with Gasteiger partial charge in [-0.25, -0.2) is 0 Å². The molecule has 1 unspecified atom stereocenters. The number of aliphatic hydroxyl groups excluding tert-OH is 1. The van der Waals surface area contributed by atoms with E-state index in [1.807, 2.05) is 18.2 Å². The first-order valence-electron chi connectivity index (χ1n) is 5.95. The van der Waals surface area contributed by atoms with E-state index in [0.29, 0.717) is 12.5 Å². The van der Waals surface area contributed by atoms with Crippen LogP contribution in [-0.2, 0) is 0 Å². The maximum atomic E-state index is 9.76. The molecule has 18 heavy (non-hydrogen) atoms. The number of nitrogens with one attached hydrogen (secondary N) is 1. The average Bonchev–Trinajstić information content (AvgIpc) is 2.27. The van der Waals surface area contributed by atoms with Gasteiger partial charge < -0.3 is 15.2 Å². The average molecular weight is 381 g/mol. The lowest BCUT2D eigenvalue weighted by Crippen LogP contribution is -2.33. The minimum absolute atomic E-state index is 0.283. The first-order valence-corrected chi connectivity index (χ1v) is 7.54. The predicted molar refractivity (Wildman–Crippen MR) is 81.1 cm³/mol. The first kappa shape index (κ1) is 16.0. The number of ether oxygens (including phenoxy) is 1. The molecule has 0 radical (unpaired) electrons. The van der Waals surface area contributed by atoms with E-state index in [0.717, 1.165) is 21.2 Å². The fourth-order valence-electron chi connectivity index (χ4n) is 1.38. The number of hydrogen-bond acceptors (Lipinski definition) is 3. The van der Waals surface area contributed by atoms with Crippen LogP contribution in [0.2, 0.25) is 0 Å². The molecule has 0 heterocycles. The maximum Gasteiger partial charge on any atom is 0.133 e. The standard InChI is InChI=1S/C13H19Br2NO2/c1-9(2)6-16-7-11(17)8-18-13-4-3-10(14)5-12(13)15/h3-5,9,11,16-17H,6-8H2,1-2H3. The Morgan fingerprint density at radius 2 is 2.00 bits per heavy atom. The van der Waals surface area contributed by atoms with E-state index in [4.69, 9.17) is 4.74 Å². The lowest BCUT2D eigenvalue weighted by atomic mass is 10.2. The van der Waals surface area contributed by atoms with Crippen molar-refractivity contribution in [2.24, 2.45) is 5.92 Å². The zero-order valence-electron chi connectivity index (χ0n) is 10.6. The van der Waals surface area contributed by atoms with E-state index in [1.54, 1.807) is 0 Å². The van der Waals surface area contributed by atoms with Gasteiger partial charge in [-0.1, -0.05) is 29.8 Å². The van der Waals surface area contributed by atoms with Crippen molar-refractivity contribution in [2.75, 3.05) is 19.7 Å². The minimum atomic E-state index is -0.501. The Morgan fingerprint density at radius 3 is 2.61 bits per heavy atom. The highest BCUT2D eigenvalue weighted by atomic mass is 79.9. The number of aliphatic hydroxyl groups is 1. The highest BCUT2D eigenvalue weighted by molar-refractivity contribution is 9.11. The van der Waals surface area contributed by atoms with Crippen molar-refractivity contribution in [2.45, 2.75) is 20.0 Å². The molecule has 0 spiro atoms. The Labute approximate surface area is 125 Å². The van der Waals surface area contributed by atoms with Crippen molar-refractivity contribution in [1.29, 1.82) is 0 Å². The summed E-state index contributed by atoms with van der Waals surface area (Å²) in [5, 5.41) is 13.0. The van der Waals surface area contributed by atoms with Crippen LogP contribution in [0.15, 0.2) is 27.1 Å². The van der Waals surface area contributed by atoms with Crippen LogP contribution in [0.5, 0.6) is 5.75 Å². The number of rotatable bonds is 7. The third kappa shape index (κ3) is 6.18. The summed E-state index contributed by atoms with van der Waals surface area (Å²) in [6.07, 6.45) is -0.501. The summed E-state index contributed by atoms with van der Waals surface area (Å²) in [6, 6.07) is 5.69. The summed E-state index contributed by atoms with van der Waals surface area (Å²) >= 11 is 6.80. The smallest absolute Gasteiger partial charge is 0.133 e. The number of halogens is 2. The Bertz CT molecular complexity index is 372. The van der Waals surface area contributed by atoms with Crippen molar-refractivity contribution in [1.82, 2.24) is 5.32 Å². The van der Waals surface area contributed by atoms with E-state index in [2.05, 4.69) is 51.0 Å². The van der Waals surface area contributed by atoms with Crippen LogP contribution >= 0.6 is 31.9 Å². The molecule has 0 aliphatic carbocycles. The van der Waals surface area contributed by atoms with Crippen LogP contribution in [0.1, 0.15) is 13.8 Å². The van der Waals surface area contributed by atoms with Gasteiger partial charge in [-0.2, -0.15) is 0 Å². The van der Waals surface area contributed by atoms with E-state index in [-0.39, 0.29) is 6.61 Å². The molecule has 0 aliphatic rings. The molecule has 3 nitrogen and oxygen atoms in total. The van der Waals surface area contributed by atoms with Gasteiger partial charge in [0.1, 0.15) is 18.5 Å². The summed E-state index contributed by atoms with van der Waals surface area (Å²) < 4.78 is 7.41. The summed E-state index contributed by atoms with van der Waals surface area (Å²) in [7, 11) is 0. The third-order valence-corrected chi connectivity index (χ3v) is 3.37. The molecule has 0 fully saturated rings. The van der Waals surface area contributed by atoms with Crippen molar-refractivity contribution < 1.29 is 9.84 Å². The second kappa shape index (κ2) is 8.15. The lowest BCUT2D eigenvalue weighted by Gasteiger charge is -2.15. The highest BCUT2D eigenvalue weighted by Crippen LogP contribution is 2.28. The Kier molecular flexibility index (Phi) is 7.22. The summed E-state index contributed by atoms with van der Waals surface area (Å²) in [5.41, 5.74) is 0. The van der Waals surface area contributed by atoms with Gasteiger partial charge in [-0.15, -0.1) is 0 Å². The molecular formula is C13H19Br2NO2. The molecule has 0 saturated carbocycles. The topological polar surface area (TPSA) is 41.5 Å². The monoisotopic (exact) mass is 379 g/mol. The van der Waals surface area contributed by atoms with E-state index < -0.39 is 6.10 Å². The fourth-order valence-corrected chi connectivity index (χ4v) is 2.54. The van der Waals surface area contributed by atoms with Crippen molar-refractivity contribution in [3.8, 4) is 5.75 Å². The summed E-state index contributed by atoms with van der Waals surface area (Å²) in [5.74, 6) is 1.32. The van der Waals surface area contributed by atoms with Gasteiger partial charge in [0, 0.05) is 11.0 Å². The second-order valence-electron chi connectivity index (χ2n) is 4.59. The van der Waals surface area contributed by atoms with Gasteiger partial charge >= 0.3 is 0 Å². The highest BCUT2D eigenvalue weighted by Gasteiger charge is 2.07. The zero-order chi connectivity index (χ0) is 13.5. The molecule has 1 atom stereocenters. The second-order valence-corrected chi connectivity index (χ2v) is 6.36. The molecule has 0 aliphatic heterocycles. The van der Waals surface area contributed by atoms with Crippen LogP contribution < -0.4 is 10.1 Å². The minimum Gasteiger partial charge on any atom is -0.490 e. The van der Waals surface area contributed by atoms with E-state index >= 15 is 0 Å². The third-order valence-electron chi connectivity index (χ3n) is 2.26. The first-order chi connectivity index (χ1) is 8.49. The summed E-state index contributed by atoms with van der Waals surface area (Å²) in [6.45, 7) is 6.00. The van der Waals surface area contributed by atoms with Crippen LogP contribution in [0, 0.1) is 5.92 Å². The normalized spacial score (nSPS) is 12.8. The maximum absolute atomic E-state index is 9.76. The van der Waals surface area contributed by atoms with Crippen LogP contribution in [0.25, 0.3) is 0 Å². The van der Waals surface area contributed by atoms with Crippen molar-refractivity contribution in [3.63, 3.8) is 0 Å². The van der Waals surface area contributed by atoms with Crippen molar-refractivity contribution >= 4 is 31.9 Å². The van der Waals surface area contributed by atoms with Gasteiger partial charge in [0.25, 0.3) is 0 Å². The predicted octanol–water partition coefficient (Wildman–Crippen LogP) is 3.20. The van der Waals surface area contributed by atoms with Crippen LogP contribution in [0.4, 0.5) is 0 Å². The van der Waals surface area contributed by atoms with Gasteiger partial charge in [0.05, 0.1) is 4.47 Å². The summed E-state index contributed by atoms with van der Waals surface area (Å²) in [4.78, 5) is 0. The Balaban J connectivity index is 2.31. The fraction of sp³-hybridized carbons (Fsp3) is 0.538. The van der Waals surface area contributed by atoms with Gasteiger partial charge in [0.15, 0.2) is 0 Å². The molecular weight excluding hydrogens is 362 g/mol. The lowest BCUT2D eigenvalue weighted by molar-refractivity contribution is 0.105. The zero-order valence-corrected chi connectivity index (χ0v) is 13.8.